The highest BCUT2D eigenvalue weighted by Crippen LogP contribution is 2.31. The normalized spacial score (nSPS) is 10.6. The third-order valence-corrected chi connectivity index (χ3v) is 3.15. The number of aromatic nitrogens is 2. The fourth-order valence-corrected chi connectivity index (χ4v) is 2.12. The van der Waals surface area contributed by atoms with Gasteiger partial charge in [-0.3, -0.25) is 0 Å². The maximum atomic E-state index is 14.0. The van der Waals surface area contributed by atoms with Gasteiger partial charge in [0.25, 0.3) is 0 Å². The molecule has 0 bridgehead atoms. The van der Waals surface area contributed by atoms with E-state index < -0.39 is 5.82 Å². The van der Waals surface area contributed by atoms with Gasteiger partial charge < -0.3 is 9.72 Å². The Hall–Kier alpha value is -2.69. The first-order valence-electron chi connectivity index (χ1n) is 6.33. The molecule has 0 aliphatic heterocycles. The van der Waals surface area contributed by atoms with E-state index in [4.69, 9.17) is 4.74 Å². The first-order valence-corrected chi connectivity index (χ1v) is 6.33. The van der Waals surface area contributed by atoms with Crippen LogP contribution in [0.4, 0.5) is 8.78 Å². The minimum Gasteiger partial charge on any atom is -0.496 e. The molecule has 1 N–H and O–H groups in total. The largest absolute Gasteiger partial charge is 0.496 e. The number of nitrogens with one attached hydrogen (secondary N) is 1. The topological polar surface area (TPSA) is 37.9 Å². The van der Waals surface area contributed by atoms with E-state index in [9.17, 15) is 8.78 Å². The van der Waals surface area contributed by atoms with Gasteiger partial charge in [-0.25, -0.2) is 13.8 Å². The molecule has 0 aliphatic rings. The van der Waals surface area contributed by atoms with Gasteiger partial charge in [-0.1, -0.05) is 6.07 Å². The third-order valence-electron chi connectivity index (χ3n) is 3.15. The second kappa shape index (κ2) is 5.36. The summed E-state index contributed by atoms with van der Waals surface area (Å²) in [6.07, 6.45) is 1.65. The molecule has 3 aromatic rings. The molecule has 0 atom stereocenters. The molecule has 0 unspecified atom stereocenters. The highest BCUT2D eigenvalue weighted by atomic mass is 19.1. The highest BCUT2D eigenvalue weighted by Gasteiger charge is 2.15. The number of rotatable bonds is 3. The van der Waals surface area contributed by atoms with E-state index in [1.54, 1.807) is 30.5 Å². The molecular formula is C16H12F2N2O. The molecular weight excluding hydrogens is 274 g/mol. The van der Waals surface area contributed by atoms with Gasteiger partial charge >= 0.3 is 0 Å². The zero-order valence-electron chi connectivity index (χ0n) is 11.2. The number of hydrogen-bond donors (Lipinski definition) is 1. The van der Waals surface area contributed by atoms with Crippen molar-refractivity contribution in [2.75, 3.05) is 7.11 Å². The average molecular weight is 286 g/mol. The third kappa shape index (κ3) is 2.50. The summed E-state index contributed by atoms with van der Waals surface area (Å²) in [7, 11) is 1.47. The van der Waals surface area contributed by atoms with Gasteiger partial charge in [0.2, 0.25) is 0 Å². The fraction of sp³-hybridized carbons (Fsp3) is 0.0625. The van der Waals surface area contributed by atoms with E-state index in [2.05, 4.69) is 9.97 Å². The first-order chi connectivity index (χ1) is 10.2. The number of benzene rings is 2. The van der Waals surface area contributed by atoms with E-state index >= 15 is 0 Å². The van der Waals surface area contributed by atoms with Crippen LogP contribution >= 0.6 is 0 Å². The van der Waals surface area contributed by atoms with Gasteiger partial charge in [0, 0.05) is 11.8 Å². The van der Waals surface area contributed by atoms with E-state index in [1.165, 1.54) is 25.3 Å². The van der Waals surface area contributed by atoms with Gasteiger partial charge in [0.1, 0.15) is 23.2 Å². The Balaban J connectivity index is 2.05. The average Bonchev–Trinajstić information content (AvgIpc) is 2.97. The standard InChI is InChI=1S/C16H12F2N2O/c1-21-14-4-2-3-12(18)15(14)16-19-9-13(20-16)10-5-7-11(17)8-6-10/h2-9H,1H3,(H,19,20). The van der Waals surface area contributed by atoms with Crippen LogP contribution in [0.2, 0.25) is 0 Å². The molecule has 3 rings (SSSR count). The summed E-state index contributed by atoms with van der Waals surface area (Å²) in [5, 5.41) is 0. The summed E-state index contributed by atoms with van der Waals surface area (Å²) >= 11 is 0. The quantitative estimate of drug-likeness (QED) is 0.789. The van der Waals surface area contributed by atoms with E-state index in [0.29, 0.717) is 17.3 Å². The molecule has 1 aromatic heterocycles. The van der Waals surface area contributed by atoms with Crippen molar-refractivity contribution < 1.29 is 13.5 Å². The Morgan fingerprint density at radius 1 is 1.05 bits per heavy atom. The zero-order valence-corrected chi connectivity index (χ0v) is 11.2. The van der Waals surface area contributed by atoms with Gasteiger partial charge in [0.15, 0.2) is 0 Å². The van der Waals surface area contributed by atoms with Gasteiger partial charge in [0.05, 0.1) is 18.4 Å². The monoisotopic (exact) mass is 286 g/mol. The summed E-state index contributed by atoms with van der Waals surface area (Å²) in [4.78, 5) is 7.28. The number of hydrogen-bond acceptors (Lipinski definition) is 2. The summed E-state index contributed by atoms with van der Waals surface area (Å²) < 4.78 is 32.1. The van der Waals surface area contributed by atoms with Crippen LogP contribution in [0.3, 0.4) is 0 Å². The van der Waals surface area contributed by atoms with Crippen molar-refractivity contribution in [2.24, 2.45) is 0 Å². The predicted octanol–water partition coefficient (Wildman–Crippen LogP) is 4.03. The van der Waals surface area contributed by atoms with Crippen molar-refractivity contribution in [3.63, 3.8) is 0 Å². The fourth-order valence-electron chi connectivity index (χ4n) is 2.12. The molecule has 2 aromatic carbocycles. The summed E-state index contributed by atoms with van der Waals surface area (Å²) in [5.41, 5.74) is 1.62. The van der Waals surface area contributed by atoms with Crippen LogP contribution in [-0.2, 0) is 0 Å². The van der Waals surface area contributed by atoms with Crippen molar-refractivity contribution in [3.05, 3.63) is 60.3 Å². The van der Waals surface area contributed by atoms with Crippen molar-refractivity contribution in [1.82, 2.24) is 9.97 Å². The van der Waals surface area contributed by atoms with Crippen LogP contribution in [0.15, 0.2) is 48.7 Å². The van der Waals surface area contributed by atoms with Gasteiger partial charge in [-0.05, 0) is 36.4 Å². The maximum absolute atomic E-state index is 14.0. The molecule has 1 heterocycles. The lowest BCUT2D eigenvalue weighted by Gasteiger charge is -2.06. The van der Waals surface area contributed by atoms with E-state index in [1.807, 2.05) is 0 Å². The molecule has 21 heavy (non-hydrogen) atoms. The van der Waals surface area contributed by atoms with Crippen LogP contribution in [0.1, 0.15) is 0 Å². The van der Waals surface area contributed by atoms with Crippen molar-refractivity contribution in [3.8, 4) is 28.4 Å². The van der Waals surface area contributed by atoms with Crippen molar-refractivity contribution >= 4 is 0 Å². The Bertz CT molecular complexity index is 766. The van der Waals surface area contributed by atoms with Gasteiger partial charge in [-0.2, -0.15) is 0 Å². The Labute approximate surface area is 120 Å². The number of aromatic amines is 1. The van der Waals surface area contributed by atoms with Crippen LogP contribution in [0.25, 0.3) is 22.6 Å². The number of imidazole rings is 1. The summed E-state index contributed by atoms with van der Waals surface area (Å²) in [6, 6.07) is 10.5. The SMILES string of the molecule is COc1cccc(F)c1-c1nc(-c2ccc(F)cc2)c[nH]1. The lowest BCUT2D eigenvalue weighted by Crippen LogP contribution is -1.93. The van der Waals surface area contributed by atoms with Crippen molar-refractivity contribution in [1.29, 1.82) is 0 Å². The number of H-pyrrole nitrogens is 1. The molecule has 3 nitrogen and oxygen atoms in total. The molecule has 106 valence electrons. The number of methoxy groups -OCH3 is 1. The predicted molar refractivity (Wildman–Crippen MR) is 75.9 cm³/mol. The van der Waals surface area contributed by atoms with Crippen LogP contribution < -0.4 is 4.74 Å². The van der Waals surface area contributed by atoms with Crippen molar-refractivity contribution in [2.45, 2.75) is 0 Å². The lowest BCUT2D eigenvalue weighted by molar-refractivity contribution is 0.413. The zero-order chi connectivity index (χ0) is 14.8. The highest BCUT2D eigenvalue weighted by molar-refractivity contribution is 5.69. The number of nitrogens with zero attached hydrogens (tertiary/aromatic N) is 1. The molecule has 0 amide bonds. The van der Waals surface area contributed by atoms with Gasteiger partial charge in [-0.15, -0.1) is 0 Å². The summed E-state index contributed by atoms with van der Waals surface area (Å²) in [6.45, 7) is 0. The van der Waals surface area contributed by atoms with Crippen LogP contribution in [-0.4, -0.2) is 17.1 Å². The van der Waals surface area contributed by atoms with E-state index in [-0.39, 0.29) is 11.4 Å². The molecule has 0 aliphatic carbocycles. The molecule has 0 fully saturated rings. The first kappa shape index (κ1) is 13.3. The molecule has 0 saturated heterocycles. The van der Waals surface area contributed by atoms with Crippen LogP contribution in [0, 0.1) is 11.6 Å². The molecule has 0 spiro atoms. The minimum absolute atomic E-state index is 0.272. The Kier molecular flexibility index (Phi) is 3.39. The second-order valence-electron chi connectivity index (χ2n) is 4.46. The second-order valence-corrected chi connectivity index (χ2v) is 4.46. The van der Waals surface area contributed by atoms with Crippen LogP contribution in [0.5, 0.6) is 5.75 Å². The maximum Gasteiger partial charge on any atom is 0.144 e. The smallest absolute Gasteiger partial charge is 0.144 e. The Morgan fingerprint density at radius 3 is 2.52 bits per heavy atom. The number of ether oxygens (including phenoxy) is 1. The lowest BCUT2D eigenvalue weighted by atomic mass is 10.1. The Morgan fingerprint density at radius 2 is 1.81 bits per heavy atom. The minimum atomic E-state index is -0.422. The molecule has 0 radical (unpaired) electrons. The molecule has 0 saturated carbocycles. The molecule has 5 heteroatoms. The summed E-state index contributed by atoms with van der Waals surface area (Å²) in [5.74, 6) is 0.0268. The number of halogens is 2. The van der Waals surface area contributed by atoms with E-state index in [0.717, 1.165) is 5.56 Å².